The Balaban J connectivity index is 2.21. The fourth-order valence-corrected chi connectivity index (χ4v) is 1.78. The molecule has 0 aliphatic heterocycles. The van der Waals surface area contributed by atoms with Gasteiger partial charge in [0.2, 0.25) is 0 Å². The summed E-state index contributed by atoms with van der Waals surface area (Å²) in [5.74, 6) is 0.163. The standard InChI is InChI=1S/C15H17N3O4/c1-4-21-14(20)15(2,3)22-10-5-6-11(12(19)7-10)13-17-8-16-9-18-13/h5-9,19H,4H2,1-3H3. The Bertz CT molecular complexity index is 659. The van der Waals surface area contributed by atoms with E-state index in [0.29, 0.717) is 17.1 Å². The molecule has 2 aromatic rings. The van der Waals surface area contributed by atoms with Gasteiger partial charge in [0.1, 0.15) is 24.2 Å². The maximum atomic E-state index is 11.8. The lowest BCUT2D eigenvalue weighted by atomic mass is 10.1. The number of phenols is 1. The average molecular weight is 303 g/mol. The van der Waals surface area contributed by atoms with Gasteiger partial charge in [-0.3, -0.25) is 0 Å². The number of carbonyl (C=O) groups is 1. The van der Waals surface area contributed by atoms with Crippen LogP contribution in [0.4, 0.5) is 0 Å². The average Bonchev–Trinajstić information content (AvgIpc) is 2.48. The van der Waals surface area contributed by atoms with E-state index in [1.807, 2.05) is 0 Å². The highest BCUT2D eigenvalue weighted by molar-refractivity contribution is 5.79. The molecule has 0 fully saturated rings. The number of aromatic hydroxyl groups is 1. The molecule has 22 heavy (non-hydrogen) atoms. The molecule has 1 aromatic heterocycles. The number of rotatable bonds is 5. The smallest absolute Gasteiger partial charge is 0.349 e. The van der Waals surface area contributed by atoms with E-state index < -0.39 is 11.6 Å². The van der Waals surface area contributed by atoms with Crippen LogP contribution >= 0.6 is 0 Å². The first-order chi connectivity index (χ1) is 10.4. The van der Waals surface area contributed by atoms with Crippen molar-refractivity contribution in [2.75, 3.05) is 6.61 Å². The number of hydrogen-bond donors (Lipinski definition) is 1. The minimum atomic E-state index is -1.16. The number of nitrogens with zero attached hydrogens (tertiary/aromatic N) is 3. The molecular formula is C15H17N3O4. The first-order valence-corrected chi connectivity index (χ1v) is 6.75. The summed E-state index contributed by atoms with van der Waals surface area (Å²) in [6, 6.07) is 4.64. The van der Waals surface area contributed by atoms with Crippen LogP contribution in [-0.4, -0.2) is 38.2 Å². The third kappa shape index (κ3) is 3.49. The van der Waals surface area contributed by atoms with Crippen LogP contribution in [0.15, 0.2) is 30.9 Å². The van der Waals surface area contributed by atoms with E-state index in [0.717, 1.165) is 0 Å². The van der Waals surface area contributed by atoms with E-state index in [1.54, 1.807) is 32.9 Å². The third-order valence-electron chi connectivity index (χ3n) is 2.84. The molecule has 2 rings (SSSR count). The van der Waals surface area contributed by atoms with E-state index in [4.69, 9.17) is 9.47 Å². The van der Waals surface area contributed by atoms with Crippen molar-refractivity contribution in [1.29, 1.82) is 0 Å². The molecule has 0 bridgehead atoms. The summed E-state index contributed by atoms with van der Waals surface area (Å²) in [6.07, 6.45) is 2.69. The molecule has 7 nitrogen and oxygen atoms in total. The van der Waals surface area contributed by atoms with E-state index in [-0.39, 0.29) is 12.4 Å². The Morgan fingerprint density at radius 1 is 1.27 bits per heavy atom. The molecule has 0 atom stereocenters. The fraction of sp³-hybridized carbons (Fsp3) is 0.333. The van der Waals surface area contributed by atoms with E-state index in [1.165, 1.54) is 18.7 Å². The molecule has 7 heteroatoms. The largest absolute Gasteiger partial charge is 0.507 e. The zero-order valence-electron chi connectivity index (χ0n) is 12.6. The Morgan fingerprint density at radius 2 is 1.95 bits per heavy atom. The van der Waals surface area contributed by atoms with Gasteiger partial charge in [0.25, 0.3) is 0 Å². The molecule has 1 N–H and O–H groups in total. The summed E-state index contributed by atoms with van der Waals surface area (Å²) in [4.78, 5) is 23.5. The Labute approximate surface area is 128 Å². The Morgan fingerprint density at radius 3 is 2.55 bits per heavy atom. The number of carbonyl (C=O) groups excluding carboxylic acids is 1. The topological polar surface area (TPSA) is 94.4 Å². The summed E-state index contributed by atoms with van der Waals surface area (Å²) in [5, 5.41) is 10.1. The summed E-state index contributed by atoms with van der Waals surface area (Å²) < 4.78 is 10.5. The zero-order chi connectivity index (χ0) is 16.2. The van der Waals surface area contributed by atoms with E-state index in [9.17, 15) is 9.90 Å². The minimum absolute atomic E-state index is 0.0524. The highest BCUT2D eigenvalue weighted by atomic mass is 16.6. The number of phenolic OH excluding ortho intramolecular Hbond substituents is 1. The van der Waals surface area contributed by atoms with Crippen molar-refractivity contribution in [3.63, 3.8) is 0 Å². The van der Waals surface area contributed by atoms with Gasteiger partial charge in [-0.05, 0) is 32.9 Å². The van der Waals surface area contributed by atoms with Crippen molar-refractivity contribution in [3.05, 3.63) is 30.9 Å². The summed E-state index contributed by atoms with van der Waals surface area (Å²) >= 11 is 0. The molecular weight excluding hydrogens is 286 g/mol. The highest BCUT2D eigenvalue weighted by Crippen LogP contribution is 2.31. The van der Waals surface area contributed by atoms with Crippen LogP contribution in [0, 0.1) is 0 Å². The van der Waals surface area contributed by atoms with Gasteiger partial charge in [0, 0.05) is 6.07 Å². The van der Waals surface area contributed by atoms with Gasteiger partial charge in [-0.25, -0.2) is 19.7 Å². The molecule has 0 aliphatic rings. The number of benzene rings is 1. The molecule has 0 unspecified atom stereocenters. The van der Waals surface area contributed by atoms with Gasteiger partial charge in [-0.1, -0.05) is 0 Å². The number of ether oxygens (including phenoxy) is 2. The third-order valence-corrected chi connectivity index (χ3v) is 2.84. The molecule has 0 saturated carbocycles. The van der Waals surface area contributed by atoms with Gasteiger partial charge in [-0.2, -0.15) is 0 Å². The first-order valence-electron chi connectivity index (χ1n) is 6.75. The van der Waals surface area contributed by atoms with Crippen molar-refractivity contribution in [2.24, 2.45) is 0 Å². The number of esters is 1. The second kappa shape index (κ2) is 6.38. The molecule has 116 valence electrons. The van der Waals surface area contributed by atoms with Gasteiger partial charge in [-0.15, -0.1) is 0 Å². The summed E-state index contributed by atoms with van der Waals surface area (Å²) in [6.45, 7) is 5.20. The van der Waals surface area contributed by atoms with Crippen LogP contribution < -0.4 is 4.74 Å². The molecule has 0 aliphatic carbocycles. The van der Waals surface area contributed by atoms with Crippen LogP contribution in [0.25, 0.3) is 11.4 Å². The minimum Gasteiger partial charge on any atom is -0.507 e. The van der Waals surface area contributed by atoms with Crippen LogP contribution in [-0.2, 0) is 9.53 Å². The molecule has 1 heterocycles. The Kier molecular flexibility index (Phi) is 4.55. The monoisotopic (exact) mass is 303 g/mol. The Hall–Kier alpha value is -2.70. The van der Waals surface area contributed by atoms with Crippen molar-refractivity contribution < 1.29 is 19.4 Å². The van der Waals surface area contributed by atoms with Crippen LogP contribution in [0.5, 0.6) is 11.5 Å². The van der Waals surface area contributed by atoms with Crippen molar-refractivity contribution in [1.82, 2.24) is 15.0 Å². The van der Waals surface area contributed by atoms with Gasteiger partial charge >= 0.3 is 5.97 Å². The second-order valence-corrected chi connectivity index (χ2v) is 4.97. The highest BCUT2D eigenvalue weighted by Gasteiger charge is 2.31. The molecule has 0 spiro atoms. The summed E-state index contributed by atoms with van der Waals surface area (Å²) in [5.41, 5.74) is -0.708. The van der Waals surface area contributed by atoms with E-state index >= 15 is 0 Å². The lowest BCUT2D eigenvalue weighted by Gasteiger charge is -2.24. The second-order valence-electron chi connectivity index (χ2n) is 4.97. The van der Waals surface area contributed by atoms with Crippen molar-refractivity contribution in [2.45, 2.75) is 26.4 Å². The molecule has 0 amide bonds. The number of hydrogen-bond acceptors (Lipinski definition) is 7. The fourth-order valence-electron chi connectivity index (χ4n) is 1.78. The predicted molar refractivity (Wildman–Crippen MR) is 78.3 cm³/mol. The quantitative estimate of drug-likeness (QED) is 0.844. The normalized spacial score (nSPS) is 11.0. The zero-order valence-corrected chi connectivity index (χ0v) is 12.6. The first kappa shape index (κ1) is 15.7. The number of aromatic nitrogens is 3. The van der Waals surface area contributed by atoms with Crippen LogP contribution in [0.1, 0.15) is 20.8 Å². The van der Waals surface area contributed by atoms with Crippen molar-refractivity contribution in [3.8, 4) is 22.9 Å². The van der Waals surface area contributed by atoms with Crippen molar-refractivity contribution >= 4 is 5.97 Å². The summed E-state index contributed by atoms with van der Waals surface area (Å²) in [7, 11) is 0. The van der Waals surface area contributed by atoms with Crippen LogP contribution in [0.2, 0.25) is 0 Å². The predicted octanol–water partition coefficient (Wildman–Crippen LogP) is 1.96. The lowest BCUT2D eigenvalue weighted by molar-refractivity contribution is -0.158. The van der Waals surface area contributed by atoms with Gasteiger partial charge in [0.05, 0.1) is 12.2 Å². The molecule has 1 aromatic carbocycles. The maximum Gasteiger partial charge on any atom is 0.349 e. The SMILES string of the molecule is CCOC(=O)C(C)(C)Oc1ccc(-c2ncncn2)c(O)c1. The molecule has 0 saturated heterocycles. The van der Waals surface area contributed by atoms with Crippen LogP contribution in [0.3, 0.4) is 0 Å². The lowest BCUT2D eigenvalue weighted by Crippen LogP contribution is -2.39. The van der Waals surface area contributed by atoms with E-state index in [2.05, 4.69) is 15.0 Å². The van der Waals surface area contributed by atoms with Gasteiger partial charge in [0.15, 0.2) is 11.4 Å². The maximum absolute atomic E-state index is 11.8. The van der Waals surface area contributed by atoms with Gasteiger partial charge < -0.3 is 14.6 Å². The molecule has 0 radical (unpaired) electrons.